The summed E-state index contributed by atoms with van der Waals surface area (Å²) in [6.45, 7) is 25.9. The maximum atomic E-state index is 6.34. The fourth-order valence-electron chi connectivity index (χ4n) is 3.97. The van der Waals surface area contributed by atoms with E-state index in [-0.39, 0.29) is 38.3 Å². The molecule has 0 aliphatic carbocycles. The maximum absolute atomic E-state index is 6.34. The molecule has 0 aliphatic heterocycles. The Hall–Kier alpha value is 1.50. The summed E-state index contributed by atoms with van der Waals surface area (Å²) >= 11 is 0. The molecule has 0 bridgehead atoms. The first-order valence-electron chi connectivity index (χ1n) is 8.03. The number of hydrogen-bond acceptors (Lipinski definition) is 1. The Kier molecular flexibility index (Phi) is 10.1. The average Bonchev–Trinajstić information content (AvgIpc) is 1.86. The Morgan fingerprint density at radius 3 is 1.62 bits per heavy atom. The normalized spacial score (nSPS) is 14.3. The third-order valence-corrected chi connectivity index (χ3v) is 6.28. The smallest absolute Gasteiger partial charge is 0.184 e. The minimum Gasteiger partial charge on any atom is -0.415 e. The molecule has 0 heterocycles. The van der Waals surface area contributed by atoms with Gasteiger partial charge in [0.05, 0.1) is 0 Å². The van der Waals surface area contributed by atoms with E-state index in [1.54, 1.807) is 5.92 Å². The van der Waals surface area contributed by atoms with Gasteiger partial charge >= 0.3 is 0 Å². The quantitative estimate of drug-likeness (QED) is 0.338. The van der Waals surface area contributed by atoms with Gasteiger partial charge in [0.25, 0.3) is 0 Å². The van der Waals surface area contributed by atoms with Crippen molar-refractivity contribution in [2.45, 2.75) is 98.4 Å². The molecule has 4 heteroatoms. The third-order valence-electron chi connectivity index (χ3n) is 3.10. The molecule has 0 fully saturated rings. The molecule has 0 aromatic heterocycles. The van der Waals surface area contributed by atoms with Crippen LogP contribution >= 0.6 is 0 Å². The molecule has 1 nitrogen and oxygen atoms in total. The number of hydrogen-bond donors (Lipinski definition) is 0. The molecule has 0 saturated carbocycles. The molecular weight excluding hydrogens is 365 g/mol. The zero-order valence-electron chi connectivity index (χ0n) is 16.6. The fraction of sp³-hybridized carbons (Fsp3) is 0.941. The molecule has 0 saturated heterocycles. The Balaban J connectivity index is 0. The van der Waals surface area contributed by atoms with Gasteiger partial charge in [-0.05, 0) is 33.5 Å². The summed E-state index contributed by atoms with van der Waals surface area (Å²) in [5.74, 6) is 1.59. The average molecular weight is 405 g/mol. The van der Waals surface area contributed by atoms with E-state index in [1.807, 2.05) is 0 Å². The molecule has 0 unspecified atom stereocenters. The van der Waals surface area contributed by atoms with Crippen molar-refractivity contribution in [3.05, 3.63) is 5.92 Å². The predicted octanol–water partition coefficient (Wildman–Crippen LogP) is 6.35. The van der Waals surface area contributed by atoms with E-state index in [1.165, 1.54) is 12.5 Å². The molecule has 0 amide bonds. The summed E-state index contributed by atoms with van der Waals surface area (Å²) in [4.78, 5) is 0. The summed E-state index contributed by atoms with van der Waals surface area (Å²) in [5, 5.41) is 0. The predicted molar refractivity (Wildman–Crippen MR) is 98.6 cm³/mol. The molecular formula is C17H39OSi2Y-. The third kappa shape index (κ3) is 14.8. The molecule has 1 radical (unpaired) electrons. The van der Waals surface area contributed by atoms with Gasteiger partial charge in [0, 0.05) is 46.4 Å². The van der Waals surface area contributed by atoms with E-state index < -0.39 is 16.4 Å². The largest absolute Gasteiger partial charge is 0.415 e. The standard InChI is InChI=1S/C17H39OSi2.Y/c1-15(12-16(2,3)14-19(6,7)8)13-17(4,5)18-20(9,10)11;/h12-14H2,1-11H3;/q-1;. The first-order chi connectivity index (χ1) is 8.52. The molecule has 0 aromatic rings. The summed E-state index contributed by atoms with van der Waals surface area (Å²) in [6.07, 6.45) is 2.32. The second kappa shape index (κ2) is 8.55. The van der Waals surface area contributed by atoms with Crippen LogP contribution in [0.15, 0.2) is 0 Å². The van der Waals surface area contributed by atoms with Crippen LogP contribution in [0, 0.1) is 11.3 Å². The van der Waals surface area contributed by atoms with Gasteiger partial charge in [0.2, 0.25) is 0 Å². The van der Waals surface area contributed by atoms with Crippen LogP contribution in [0.2, 0.25) is 45.3 Å². The van der Waals surface area contributed by atoms with Crippen molar-refractivity contribution in [2.24, 2.45) is 5.41 Å². The van der Waals surface area contributed by atoms with E-state index in [9.17, 15) is 0 Å². The minimum absolute atomic E-state index is 0. The topological polar surface area (TPSA) is 9.23 Å². The Bertz CT molecular complexity index is 271. The molecule has 0 N–H and O–H groups in total. The summed E-state index contributed by atoms with van der Waals surface area (Å²) in [7, 11) is -2.46. The van der Waals surface area contributed by atoms with Gasteiger partial charge in [-0.3, -0.25) is 0 Å². The molecule has 125 valence electrons. The fourth-order valence-corrected chi connectivity index (χ4v) is 8.70. The van der Waals surface area contributed by atoms with Gasteiger partial charge in [-0.25, -0.2) is 0 Å². The van der Waals surface area contributed by atoms with Gasteiger partial charge in [0.15, 0.2) is 8.32 Å². The van der Waals surface area contributed by atoms with Crippen LogP contribution in [0.5, 0.6) is 0 Å². The molecule has 0 atom stereocenters. The van der Waals surface area contributed by atoms with Gasteiger partial charge in [-0.15, -0.1) is 6.42 Å². The van der Waals surface area contributed by atoms with Crippen LogP contribution in [-0.4, -0.2) is 22.0 Å². The molecule has 0 aromatic carbocycles. The van der Waals surface area contributed by atoms with Crippen LogP contribution < -0.4 is 0 Å². The molecule has 0 rings (SSSR count). The van der Waals surface area contributed by atoms with E-state index in [2.05, 4.69) is 73.9 Å². The van der Waals surface area contributed by atoms with Crippen LogP contribution in [0.25, 0.3) is 0 Å². The van der Waals surface area contributed by atoms with Gasteiger partial charge in [-0.1, -0.05) is 44.9 Å². The number of rotatable bonds is 8. The van der Waals surface area contributed by atoms with Crippen molar-refractivity contribution in [3.63, 3.8) is 0 Å². The summed E-state index contributed by atoms with van der Waals surface area (Å²) < 4.78 is 6.34. The second-order valence-corrected chi connectivity index (χ2v) is 20.1. The van der Waals surface area contributed by atoms with Crippen LogP contribution in [-0.2, 0) is 37.1 Å². The van der Waals surface area contributed by atoms with Gasteiger partial charge in [-0.2, -0.15) is 13.3 Å². The summed E-state index contributed by atoms with van der Waals surface area (Å²) in [6, 6.07) is 1.40. The van der Waals surface area contributed by atoms with Crippen molar-refractivity contribution >= 4 is 16.4 Å². The van der Waals surface area contributed by atoms with E-state index >= 15 is 0 Å². The van der Waals surface area contributed by atoms with E-state index in [0.717, 1.165) is 6.42 Å². The first kappa shape index (κ1) is 24.7. The maximum Gasteiger partial charge on any atom is 0.184 e. The van der Waals surface area contributed by atoms with Crippen LogP contribution in [0.4, 0.5) is 0 Å². The second-order valence-electron chi connectivity index (χ2n) is 10.2. The van der Waals surface area contributed by atoms with E-state index in [4.69, 9.17) is 4.43 Å². The van der Waals surface area contributed by atoms with Crippen molar-refractivity contribution in [3.8, 4) is 0 Å². The van der Waals surface area contributed by atoms with Crippen molar-refractivity contribution in [1.29, 1.82) is 0 Å². The van der Waals surface area contributed by atoms with E-state index in [0.29, 0.717) is 5.41 Å². The zero-order valence-corrected chi connectivity index (χ0v) is 21.4. The summed E-state index contributed by atoms with van der Waals surface area (Å²) in [5.41, 5.74) is 0.424. The van der Waals surface area contributed by atoms with Crippen molar-refractivity contribution < 1.29 is 37.1 Å². The minimum atomic E-state index is -1.46. The monoisotopic (exact) mass is 404 g/mol. The van der Waals surface area contributed by atoms with Crippen molar-refractivity contribution in [1.82, 2.24) is 0 Å². The van der Waals surface area contributed by atoms with Gasteiger partial charge in [0.1, 0.15) is 0 Å². The van der Waals surface area contributed by atoms with Crippen molar-refractivity contribution in [2.75, 3.05) is 0 Å². The Labute approximate surface area is 162 Å². The molecule has 0 aliphatic rings. The molecule has 0 spiro atoms. The zero-order chi connectivity index (χ0) is 16.4. The van der Waals surface area contributed by atoms with Gasteiger partial charge < -0.3 is 10.3 Å². The van der Waals surface area contributed by atoms with Crippen LogP contribution in [0.3, 0.4) is 0 Å². The first-order valence-corrected chi connectivity index (χ1v) is 15.1. The molecule has 21 heavy (non-hydrogen) atoms. The SMILES string of the molecule is C[C-](CC(C)(C)C[Si](C)(C)C)CC(C)(C)O[Si](C)(C)C.[Y]. The Morgan fingerprint density at radius 1 is 0.857 bits per heavy atom. The Morgan fingerprint density at radius 2 is 1.29 bits per heavy atom. The van der Waals surface area contributed by atoms with Crippen LogP contribution in [0.1, 0.15) is 47.5 Å².